The summed E-state index contributed by atoms with van der Waals surface area (Å²) in [4.78, 5) is 35.2. The number of primary amides is 1. The number of carbonyl (C=O) groups is 2. The number of pyridine rings is 1. The molecule has 2 amide bonds. The molecule has 8 nitrogen and oxygen atoms in total. The molecular weight excluding hydrogens is 428 g/mol. The summed E-state index contributed by atoms with van der Waals surface area (Å²) in [5.74, 6) is 0.591. The van der Waals surface area contributed by atoms with Crippen LogP contribution in [-0.2, 0) is 11.2 Å². The SMILES string of the molecule is C=CC(=O)N1CCN(c2ccc(C(N)=O)c(Nc3ccc(CCN4CCCC4)cc3)n2)C[C@@H]1C. The lowest BCUT2D eigenvalue weighted by Gasteiger charge is -2.40. The third kappa shape index (κ3) is 5.56. The van der Waals surface area contributed by atoms with Crippen molar-refractivity contribution in [2.45, 2.75) is 32.2 Å². The van der Waals surface area contributed by atoms with Crippen LogP contribution in [0.25, 0.3) is 0 Å². The normalized spacial score (nSPS) is 18.7. The molecule has 1 aromatic heterocycles. The van der Waals surface area contributed by atoms with E-state index in [2.05, 4.69) is 33.8 Å². The molecule has 0 saturated carbocycles. The molecular formula is C26H34N6O2. The lowest BCUT2D eigenvalue weighted by Crippen LogP contribution is -2.53. The van der Waals surface area contributed by atoms with Crippen LogP contribution >= 0.6 is 0 Å². The van der Waals surface area contributed by atoms with E-state index in [0.29, 0.717) is 31.0 Å². The second kappa shape index (κ2) is 10.7. The number of nitrogens with zero attached hydrogens (tertiary/aromatic N) is 4. The van der Waals surface area contributed by atoms with E-state index in [1.54, 1.807) is 6.07 Å². The molecule has 1 aromatic carbocycles. The van der Waals surface area contributed by atoms with E-state index in [1.165, 1.54) is 37.6 Å². The Balaban J connectivity index is 1.45. The van der Waals surface area contributed by atoms with Crippen LogP contribution in [0.1, 0.15) is 35.7 Å². The summed E-state index contributed by atoms with van der Waals surface area (Å²) in [5.41, 5.74) is 8.10. The number of anilines is 3. The van der Waals surface area contributed by atoms with E-state index in [4.69, 9.17) is 10.7 Å². The fraction of sp³-hybridized carbons (Fsp3) is 0.423. The number of likely N-dealkylation sites (tertiary alicyclic amines) is 1. The van der Waals surface area contributed by atoms with Gasteiger partial charge in [-0.25, -0.2) is 4.98 Å². The zero-order valence-corrected chi connectivity index (χ0v) is 19.9. The van der Waals surface area contributed by atoms with E-state index in [9.17, 15) is 9.59 Å². The van der Waals surface area contributed by atoms with Gasteiger partial charge in [0.2, 0.25) is 5.91 Å². The highest BCUT2D eigenvalue weighted by atomic mass is 16.2. The highest BCUT2D eigenvalue weighted by Crippen LogP contribution is 2.25. The first-order chi connectivity index (χ1) is 16.4. The second-order valence-corrected chi connectivity index (χ2v) is 9.08. The number of aromatic nitrogens is 1. The Morgan fingerprint density at radius 2 is 1.85 bits per heavy atom. The predicted molar refractivity (Wildman–Crippen MR) is 135 cm³/mol. The van der Waals surface area contributed by atoms with Gasteiger partial charge >= 0.3 is 0 Å². The number of rotatable bonds is 8. The number of amides is 2. The van der Waals surface area contributed by atoms with Crippen LogP contribution in [0.3, 0.4) is 0 Å². The Bertz CT molecular complexity index is 1030. The van der Waals surface area contributed by atoms with E-state index >= 15 is 0 Å². The van der Waals surface area contributed by atoms with Crippen molar-refractivity contribution in [3.8, 4) is 0 Å². The summed E-state index contributed by atoms with van der Waals surface area (Å²) in [6, 6.07) is 11.8. The van der Waals surface area contributed by atoms with Gasteiger partial charge in [0.1, 0.15) is 11.6 Å². The third-order valence-corrected chi connectivity index (χ3v) is 6.69. The molecule has 2 aliphatic rings. The summed E-state index contributed by atoms with van der Waals surface area (Å²) in [5, 5.41) is 3.28. The van der Waals surface area contributed by atoms with Crippen LogP contribution in [0.5, 0.6) is 0 Å². The Kier molecular flexibility index (Phi) is 7.47. The van der Waals surface area contributed by atoms with Crippen molar-refractivity contribution in [3.05, 3.63) is 60.2 Å². The number of hydrogen-bond acceptors (Lipinski definition) is 6. The standard InChI is InChI=1S/C26H34N6O2/c1-3-24(33)32-17-16-31(18-19(32)2)23-11-10-22(25(27)34)26(29-23)28-21-8-6-20(7-9-21)12-15-30-13-4-5-14-30/h3,6-11,19H,1,4-5,12-18H2,2H3,(H2,27,34)(H,28,29)/t19-/m0/s1. The lowest BCUT2D eigenvalue weighted by atomic mass is 10.1. The first-order valence-corrected chi connectivity index (χ1v) is 12.0. The smallest absolute Gasteiger partial charge is 0.252 e. The van der Waals surface area contributed by atoms with Crippen molar-refractivity contribution in [3.63, 3.8) is 0 Å². The molecule has 4 rings (SSSR count). The van der Waals surface area contributed by atoms with Crippen molar-refractivity contribution in [1.82, 2.24) is 14.8 Å². The molecule has 1 atom stereocenters. The molecule has 3 heterocycles. The molecule has 2 aliphatic heterocycles. The van der Waals surface area contributed by atoms with Crippen molar-refractivity contribution in [2.75, 3.05) is 49.5 Å². The van der Waals surface area contributed by atoms with Gasteiger partial charge in [-0.15, -0.1) is 0 Å². The molecule has 0 spiro atoms. The Morgan fingerprint density at radius 3 is 2.50 bits per heavy atom. The van der Waals surface area contributed by atoms with Gasteiger partial charge < -0.3 is 25.8 Å². The largest absolute Gasteiger partial charge is 0.365 e. The minimum atomic E-state index is -0.529. The molecule has 2 saturated heterocycles. The molecule has 3 N–H and O–H groups in total. The van der Waals surface area contributed by atoms with Crippen LogP contribution in [0.15, 0.2) is 49.1 Å². The molecule has 2 fully saturated rings. The van der Waals surface area contributed by atoms with Crippen molar-refractivity contribution in [2.24, 2.45) is 5.73 Å². The van der Waals surface area contributed by atoms with Gasteiger partial charge in [0.15, 0.2) is 0 Å². The van der Waals surface area contributed by atoms with E-state index in [-0.39, 0.29) is 11.9 Å². The van der Waals surface area contributed by atoms with Crippen LogP contribution in [0.2, 0.25) is 0 Å². The molecule has 8 heteroatoms. The average Bonchev–Trinajstić information content (AvgIpc) is 3.36. The quantitative estimate of drug-likeness (QED) is 0.586. The summed E-state index contributed by atoms with van der Waals surface area (Å²) in [7, 11) is 0. The lowest BCUT2D eigenvalue weighted by molar-refractivity contribution is -0.128. The zero-order chi connectivity index (χ0) is 24.1. The number of nitrogens with one attached hydrogen (secondary N) is 1. The van der Waals surface area contributed by atoms with Gasteiger partial charge in [0.25, 0.3) is 5.91 Å². The Hall–Kier alpha value is -3.39. The first kappa shape index (κ1) is 23.8. The summed E-state index contributed by atoms with van der Waals surface area (Å²) < 4.78 is 0. The van der Waals surface area contributed by atoms with Crippen LogP contribution < -0.4 is 16.0 Å². The van der Waals surface area contributed by atoms with Gasteiger partial charge in [0.05, 0.1) is 5.56 Å². The fourth-order valence-electron chi connectivity index (χ4n) is 4.71. The molecule has 0 unspecified atom stereocenters. The number of carbonyl (C=O) groups excluding carboxylic acids is 2. The molecule has 34 heavy (non-hydrogen) atoms. The molecule has 180 valence electrons. The van der Waals surface area contributed by atoms with Crippen LogP contribution in [0.4, 0.5) is 17.3 Å². The monoisotopic (exact) mass is 462 g/mol. The zero-order valence-electron chi connectivity index (χ0n) is 19.9. The number of benzene rings is 1. The molecule has 0 bridgehead atoms. The van der Waals surface area contributed by atoms with Gasteiger partial charge in [-0.1, -0.05) is 18.7 Å². The number of nitrogens with two attached hydrogens (primary N) is 1. The summed E-state index contributed by atoms with van der Waals surface area (Å²) >= 11 is 0. The molecule has 2 aromatic rings. The van der Waals surface area contributed by atoms with E-state index in [1.807, 2.05) is 30.0 Å². The van der Waals surface area contributed by atoms with E-state index in [0.717, 1.165) is 24.5 Å². The van der Waals surface area contributed by atoms with Crippen molar-refractivity contribution < 1.29 is 9.59 Å². The number of hydrogen-bond donors (Lipinski definition) is 2. The third-order valence-electron chi connectivity index (χ3n) is 6.69. The van der Waals surface area contributed by atoms with E-state index < -0.39 is 5.91 Å². The summed E-state index contributed by atoms with van der Waals surface area (Å²) in [6.07, 6.45) is 4.99. The average molecular weight is 463 g/mol. The van der Waals surface area contributed by atoms with Crippen LogP contribution in [-0.4, -0.2) is 71.9 Å². The van der Waals surface area contributed by atoms with Crippen LogP contribution in [0, 0.1) is 0 Å². The van der Waals surface area contributed by atoms with Gasteiger partial charge in [-0.05, 0) is 75.2 Å². The van der Waals surface area contributed by atoms with Gasteiger partial charge in [-0.3, -0.25) is 9.59 Å². The first-order valence-electron chi connectivity index (χ1n) is 12.0. The number of piperazine rings is 1. The highest BCUT2D eigenvalue weighted by Gasteiger charge is 2.27. The van der Waals surface area contributed by atoms with Crippen molar-refractivity contribution in [1.29, 1.82) is 0 Å². The fourth-order valence-corrected chi connectivity index (χ4v) is 4.71. The summed E-state index contributed by atoms with van der Waals surface area (Å²) in [6.45, 7) is 11.0. The highest BCUT2D eigenvalue weighted by molar-refractivity contribution is 5.98. The Labute approximate surface area is 201 Å². The minimum absolute atomic E-state index is 0.0291. The maximum atomic E-state index is 12.0. The second-order valence-electron chi connectivity index (χ2n) is 9.08. The molecule has 0 radical (unpaired) electrons. The van der Waals surface area contributed by atoms with Gasteiger partial charge in [0, 0.05) is 37.9 Å². The Morgan fingerprint density at radius 1 is 1.12 bits per heavy atom. The predicted octanol–water partition coefficient (Wildman–Crippen LogP) is 2.79. The maximum absolute atomic E-state index is 12.0. The maximum Gasteiger partial charge on any atom is 0.252 e. The van der Waals surface area contributed by atoms with Gasteiger partial charge in [-0.2, -0.15) is 0 Å². The topological polar surface area (TPSA) is 94.8 Å². The minimum Gasteiger partial charge on any atom is -0.365 e. The van der Waals surface area contributed by atoms with Crippen molar-refractivity contribution >= 4 is 29.1 Å². The molecule has 0 aliphatic carbocycles.